The predicted octanol–water partition coefficient (Wildman–Crippen LogP) is 2.25. The van der Waals surface area contributed by atoms with Crippen LogP contribution in [0, 0.1) is 5.92 Å². The molecule has 0 amide bonds. The normalized spacial score (nSPS) is 30.4. The monoisotopic (exact) mass is 290 g/mol. The van der Waals surface area contributed by atoms with E-state index in [0.717, 1.165) is 32.4 Å². The van der Waals surface area contributed by atoms with Gasteiger partial charge in [0, 0.05) is 25.2 Å². The van der Waals surface area contributed by atoms with Gasteiger partial charge in [-0.25, -0.2) is 8.78 Å². The highest BCUT2D eigenvalue weighted by Gasteiger charge is 2.34. The number of hydrogen-bond acceptors (Lipinski definition) is 3. The number of alkyl halides is 2. The molecule has 2 N–H and O–H groups in total. The van der Waals surface area contributed by atoms with Crippen molar-refractivity contribution in [2.45, 2.75) is 70.1 Å². The van der Waals surface area contributed by atoms with Gasteiger partial charge in [0.15, 0.2) is 0 Å². The van der Waals surface area contributed by atoms with Crippen molar-refractivity contribution in [2.75, 3.05) is 19.6 Å². The molecule has 1 heterocycles. The Morgan fingerprint density at radius 2 is 2.05 bits per heavy atom. The van der Waals surface area contributed by atoms with Crippen LogP contribution >= 0.6 is 0 Å². The summed E-state index contributed by atoms with van der Waals surface area (Å²) in [5.74, 6) is 0.425. The van der Waals surface area contributed by atoms with Crippen molar-refractivity contribution in [3.63, 3.8) is 0 Å². The molecule has 20 heavy (non-hydrogen) atoms. The van der Waals surface area contributed by atoms with Gasteiger partial charge >= 0.3 is 0 Å². The van der Waals surface area contributed by atoms with Crippen molar-refractivity contribution >= 4 is 0 Å². The number of aliphatic hydroxyl groups excluding tert-OH is 1. The van der Waals surface area contributed by atoms with Crippen molar-refractivity contribution in [2.24, 2.45) is 5.92 Å². The van der Waals surface area contributed by atoms with Crippen LogP contribution in [-0.4, -0.2) is 54.3 Å². The maximum Gasteiger partial charge on any atom is 0.250 e. The molecular weight excluding hydrogens is 262 g/mol. The molecule has 3 unspecified atom stereocenters. The Morgan fingerprint density at radius 3 is 2.60 bits per heavy atom. The van der Waals surface area contributed by atoms with E-state index in [1.165, 1.54) is 19.3 Å². The minimum Gasteiger partial charge on any atom is -0.393 e. The van der Waals surface area contributed by atoms with Crippen molar-refractivity contribution in [1.82, 2.24) is 10.2 Å². The Hall–Kier alpha value is -0.260. The van der Waals surface area contributed by atoms with Crippen LogP contribution in [0.2, 0.25) is 0 Å². The smallest absolute Gasteiger partial charge is 0.250 e. The average Bonchev–Trinajstić information content (AvgIpc) is 2.34. The molecule has 2 rings (SSSR count). The molecule has 3 atom stereocenters. The van der Waals surface area contributed by atoms with Gasteiger partial charge in [-0.15, -0.1) is 0 Å². The van der Waals surface area contributed by atoms with Gasteiger partial charge in [-0.05, 0) is 38.0 Å². The summed E-state index contributed by atoms with van der Waals surface area (Å²) in [7, 11) is 0. The van der Waals surface area contributed by atoms with E-state index in [-0.39, 0.29) is 18.7 Å². The van der Waals surface area contributed by atoms with E-state index < -0.39 is 6.43 Å². The molecule has 1 aliphatic heterocycles. The average molecular weight is 290 g/mol. The van der Waals surface area contributed by atoms with Gasteiger partial charge in [0.1, 0.15) is 0 Å². The van der Waals surface area contributed by atoms with Crippen LogP contribution in [0.4, 0.5) is 8.78 Å². The molecule has 0 bridgehead atoms. The summed E-state index contributed by atoms with van der Waals surface area (Å²) in [6, 6.07) is 0.792. The van der Waals surface area contributed by atoms with E-state index >= 15 is 0 Å². The standard InChI is InChI=1S/C15H28F2N2O/c1-2-14(20)7-11-6-12(18-8-15(16)17)10-19(9-11)13-4-3-5-13/h11-15,18,20H,2-10H2,1H3. The lowest BCUT2D eigenvalue weighted by Crippen LogP contribution is -2.55. The van der Waals surface area contributed by atoms with Crippen molar-refractivity contribution < 1.29 is 13.9 Å². The fourth-order valence-corrected chi connectivity index (χ4v) is 3.42. The summed E-state index contributed by atoms with van der Waals surface area (Å²) in [6.45, 7) is 3.68. The molecule has 0 aromatic carbocycles. The molecule has 118 valence electrons. The highest BCUT2D eigenvalue weighted by atomic mass is 19.3. The second-order valence-electron chi connectivity index (χ2n) is 6.43. The van der Waals surface area contributed by atoms with Gasteiger partial charge in [0.25, 0.3) is 6.43 Å². The second kappa shape index (κ2) is 7.66. The molecule has 0 aromatic rings. The van der Waals surface area contributed by atoms with Crippen LogP contribution < -0.4 is 5.32 Å². The first-order valence-electron chi connectivity index (χ1n) is 8.02. The van der Waals surface area contributed by atoms with Crippen LogP contribution in [0.5, 0.6) is 0 Å². The highest BCUT2D eigenvalue weighted by molar-refractivity contribution is 4.90. The van der Waals surface area contributed by atoms with E-state index in [9.17, 15) is 13.9 Å². The van der Waals surface area contributed by atoms with Crippen molar-refractivity contribution in [3.05, 3.63) is 0 Å². The van der Waals surface area contributed by atoms with Gasteiger partial charge in [-0.2, -0.15) is 0 Å². The van der Waals surface area contributed by atoms with Gasteiger partial charge in [-0.1, -0.05) is 13.3 Å². The molecule has 1 saturated carbocycles. The summed E-state index contributed by atoms with van der Waals surface area (Å²) in [6.07, 6.45) is 3.72. The number of aliphatic hydroxyl groups is 1. The fourth-order valence-electron chi connectivity index (χ4n) is 3.42. The number of hydrogen-bond donors (Lipinski definition) is 2. The zero-order chi connectivity index (χ0) is 14.5. The maximum atomic E-state index is 12.4. The molecular formula is C15H28F2N2O. The van der Waals surface area contributed by atoms with Crippen molar-refractivity contribution in [1.29, 1.82) is 0 Å². The number of likely N-dealkylation sites (tertiary alicyclic amines) is 1. The Bertz CT molecular complexity index is 287. The van der Waals surface area contributed by atoms with E-state index in [1.807, 2.05) is 6.92 Å². The van der Waals surface area contributed by atoms with Gasteiger partial charge in [-0.3, -0.25) is 4.90 Å². The summed E-state index contributed by atoms with van der Waals surface area (Å²) < 4.78 is 24.7. The van der Waals surface area contributed by atoms with Crippen LogP contribution in [0.15, 0.2) is 0 Å². The lowest BCUT2D eigenvalue weighted by molar-refractivity contribution is 0.0328. The van der Waals surface area contributed by atoms with Gasteiger partial charge in [0.2, 0.25) is 0 Å². The third kappa shape index (κ3) is 4.64. The lowest BCUT2D eigenvalue weighted by Gasteiger charge is -2.45. The molecule has 2 fully saturated rings. The largest absolute Gasteiger partial charge is 0.393 e. The molecule has 5 heteroatoms. The third-order valence-corrected chi connectivity index (χ3v) is 4.79. The number of nitrogens with one attached hydrogen (secondary N) is 1. The molecule has 3 nitrogen and oxygen atoms in total. The minimum atomic E-state index is -2.28. The highest BCUT2D eigenvalue weighted by Crippen LogP contribution is 2.31. The number of rotatable bonds is 7. The van der Waals surface area contributed by atoms with Crippen LogP contribution in [0.1, 0.15) is 45.4 Å². The van der Waals surface area contributed by atoms with Crippen LogP contribution in [0.3, 0.4) is 0 Å². The first kappa shape index (κ1) is 16.1. The maximum absolute atomic E-state index is 12.4. The Labute approximate surface area is 120 Å². The second-order valence-corrected chi connectivity index (χ2v) is 6.43. The quantitative estimate of drug-likeness (QED) is 0.755. The lowest BCUT2D eigenvalue weighted by atomic mass is 9.84. The molecule has 1 aliphatic carbocycles. The van der Waals surface area contributed by atoms with E-state index in [4.69, 9.17) is 0 Å². The zero-order valence-electron chi connectivity index (χ0n) is 12.4. The van der Waals surface area contributed by atoms with Crippen molar-refractivity contribution in [3.8, 4) is 0 Å². The summed E-state index contributed by atoms with van der Waals surface area (Å²) in [5.41, 5.74) is 0. The first-order chi connectivity index (χ1) is 9.58. The van der Waals surface area contributed by atoms with Crippen LogP contribution in [0.25, 0.3) is 0 Å². The van der Waals surface area contributed by atoms with E-state index in [1.54, 1.807) is 0 Å². The number of halogens is 2. The SMILES string of the molecule is CCC(O)CC1CC(NCC(F)F)CN(C2CCC2)C1. The Balaban J connectivity index is 1.87. The third-order valence-electron chi connectivity index (χ3n) is 4.79. The Kier molecular flexibility index (Phi) is 6.18. The summed E-state index contributed by atoms with van der Waals surface area (Å²) in [5, 5.41) is 12.9. The molecule has 1 saturated heterocycles. The van der Waals surface area contributed by atoms with Crippen LogP contribution in [-0.2, 0) is 0 Å². The van der Waals surface area contributed by atoms with Gasteiger partial charge in [0.05, 0.1) is 12.6 Å². The number of piperidine rings is 1. The minimum absolute atomic E-state index is 0.146. The molecule has 0 radical (unpaired) electrons. The summed E-state index contributed by atoms with van der Waals surface area (Å²) >= 11 is 0. The fraction of sp³-hybridized carbons (Fsp3) is 1.00. The molecule has 2 aliphatic rings. The zero-order valence-corrected chi connectivity index (χ0v) is 12.4. The predicted molar refractivity (Wildman–Crippen MR) is 76.0 cm³/mol. The molecule has 0 aromatic heterocycles. The summed E-state index contributed by atoms with van der Waals surface area (Å²) in [4.78, 5) is 2.46. The topological polar surface area (TPSA) is 35.5 Å². The van der Waals surface area contributed by atoms with E-state index in [0.29, 0.717) is 12.0 Å². The number of nitrogens with zero attached hydrogens (tertiary/aromatic N) is 1. The Morgan fingerprint density at radius 1 is 1.30 bits per heavy atom. The van der Waals surface area contributed by atoms with Gasteiger partial charge < -0.3 is 10.4 Å². The first-order valence-corrected chi connectivity index (χ1v) is 8.02. The van der Waals surface area contributed by atoms with E-state index in [2.05, 4.69) is 10.2 Å². The molecule has 0 spiro atoms.